The highest BCUT2D eigenvalue weighted by Crippen LogP contribution is 2.56. The van der Waals surface area contributed by atoms with E-state index >= 15 is 0 Å². The third-order valence-corrected chi connectivity index (χ3v) is 4.03. The summed E-state index contributed by atoms with van der Waals surface area (Å²) in [6.45, 7) is 0. The highest BCUT2D eigenvalue weighted by Gasteiger charge is 2.49. The van der Waals surface area contributed by atoms with Gasteiger partial charge in [-0.1, -0.05) is 0 Å². The van der Waals surface area contributed by atoms with Gasteiger partial charge in [0.15, 0.2) is 17.3 Å². The SMILES string of the molecule is COc1c(C2(CC(=O)O)CC2)cc(Br)c(F)c1OC. The molecule has 6 heteroatoms. The van der Waals surface area contributed by atoms with Gasteiger partial charge >= 0.3 is 5.97 Å². The monoisotopic (exact) mass is 332 g/mol. The molecule has 0 spiro atoms. The molecule has 0 saturated heterocycles. The van der Waals surface area contributed by atoms with Crippen LogP contribution >= 0.6 is 15.9 Å². The Hall–Kier alpha value is -1.30. The van der Waals surface area contributed by atoms with Gasteiger partial charge in [0.05, 0.1) is 25.1 Å². The van der Waals surface area contributed by atoms with Gasteiger partial charge in [-0.25, -0.2) is 4.39 Å². The number of ether oxygens (including phenoxy) is 2. The van der Waals surface area contributed by atoms with Crippen LogP contribution in [0.1, 0.15) is 24.8 Å². The fourth-order valence-electron chi connectivity index (χ4n) is 2.35. The third kappa shape index (κ3) is 2.41. The number of halogens is 2. The van der Waals surface area contributed by atoms with Gasteiger partial charge in [0, 0.05) is 11.0 Å². The third-order valence-electron chi connectivity index (χ3n) is 3.45. The van der Waals surface area contributed by atoms with E-state index in [1.165, 1.54) is 14.2 Å². The van der Waals surface area contributed by atoms with Crippen LogP contribution < -0.4 is 9.47 Å². The standard InChI is InChI=1S/C13H14BrFO4/c1-18-11-7(13(3-4-13)6-9(16)17)5-8(14)10(15)12(11)19-2/h5H,3-4,6H2,1-2H3,(H,16,17). The maximum absolute atomic E-state index is 13.9. The predicted molar refractivity (Wildman–Crippen MR) is 70.4 cm³/mol. The fraction of sp³-hybridized carbons (Fsp3) is 0.462. The smallest absolute Gasteiger partial charge is 0.304 e. The molecule has 2 rings (SSSR count). The molecule has 0 unspecified atom stereocenters. The molecule has 104 valence electrons. The number of carbonyl (C=O) groups is 1. The number of aliphatic carboxylic acids is 1. The second-order valence-corrected chi connectivity index (χ2v) is 5.49. The van der Waals surface area contributed by atoms with Crippen LogP contribution in [-0.2, 0) is 10.2 Å². The molecule has 0 radical (unpaired) electrons. The Morgan fingerprint density at radius 2 is 2.00 bits per heavy atom. The highest BCUT2D eigenvalue weighted by atomic mass is 79.9. The number of methoxy groups -OCH3 is 2. The molecule has 0 atom stereocenters. The number of benzene rings is 1. The van der Waals surface area contributed by atoms with Crippen molar-refractivity contribution in [2.24, 2.45) is 0 Å². The predicted octanol–water partition coefficient (Wildman–Crippen LogP) is 3.11. The van der Waals surface area contributed by atoms with Crippen LogP contribution in [0.2, 0.25) is 0 Å². The minimum atomic E-state index is -0.876. The lowest BCUT2D eigenvalue weighted by Crippen LogP contribution is -2.15. The normalized spacial score (nSPS) is 16.0. The maximum Gasteiger partial charge on any atom is 0.304 e. The second-order valence-electron chi connectivity index (χ2n) is 4.64. The first-order chi connectivity index (χ1) is 8.95. The number of carboxylic acids is 1. The first-order valence-electron chi connectivity index (χ1n) is 5.77. The summed E-state index contributed by atoms with van der Waals surface area (Å²) < 4.78 is 24.5. The zero-order valence-electron chi connectivity index (χ0n) is 10.6. The van der Waals surface area contributed by atoms with Crippen molar-refractivity contribution >= 4 is 21.9 Å². The van der Waals surface area contributed by atoms with Crippen molar-refractivity contribution in [3.05, 3.63) is 21.9 Å². The van der Waals surface area contributed by atoms with Gasteiger partial charge in [0.25, 0.3) is 0 Å². The van der Waals surface area contributed by atoms with Crippen LogP contribution in [0.25, 0.3) is 0 Å². The Morgan fingerprint density at radius 1 is 1.42 bits per heavy atom. The van der Waals surface area contributed by atoms with E-state index in [0.29, 0.717) is 5.56 Å². The van der Waals surface area contributed by atoms with Gasteiger partial charge in [-0.3, -0.25) is 4.79 Å². The molecular formula is C13H14BrFO4. The number of hydrogen-bond donors (Lipinski definition) is 1. The zero-order valence-corrected chi connectivity index (χ0v) is 12.2. The average molecular weight is 333 g/mol. The van der Waals surface area contributed by atoms with E-state index < -0.39 is 17.2 Å². The lowest BCUT2D eigenvalue weighted by atomic mass is 9.91. The van der Waals surface area contributed by atoms with Crippen molar-refractivity contribution in [2.45, 2.75) is 24.7 Å². The molecule has 1 aliphatic rings. The van der Waals surface area contributed by atoms with Gasteiger partial charge in [0.2, 0.25) is 0 Å². The van der Waals surface area contributed by atoms with E-state index in [0.717, 1.165) is 12.8 Å². The molecule has 19 heavy (non-hydrogen) atoms. The molecule has 0 heterocycles. The Labute approximate surface area is 118 Å². The Bertz CT molecular complexity index is 526. The van der Waals surface area contributed by atoms with Gasteiger partial charge < -0.3 is 14.6 Å². The molecule has 0 amide bonds. The van der Waals surface area contributed by atoms with Crippen LogP contribution in [0.4, 0.5) is 4.39 Å². The molecule has 0 aromatic heterocycles. The summed E-state index contributed by atoms with van der Waals surface area (Å²) in [5.41, 5.74) is 0.211. The first kappa shape index (κ1) is 14.1. The maximum atomic E-state index is 13.9. The van der Waals surface area contributed by atoms with E-state index in [1.807, 2.05) is 0 Å². The fourth-order valence-corrected chi connectivity index (χ4v) is 2.76. The van der Waals surface area contributed by atoms with Gasteiger partial charge in [0.1, 0.15) is 0 Å². The largest absolute Gasteiger partial charge is 0.492 e. The molecule has 1 fully saturated rings. The topological polar surface area (TPSA) is 55.8 Å². The van der Waals surface area contributed by atoms with E-state index in [1.54, 1.807) is 6.07 Å². The summed E-state index contributed by atoms with van der Waals surface area (Å²) in [7, 11) is 2.78. The summed E-state index contributed by atoms with van der Waals surface area (Å²) in [4.78, 5) is 11.0. The molecule has 1 aromatic carbocycles. The first-order valence-corrected chi connectivity index (χ1v) is 6.57. The van der Waals surface area contributed by atoms with Crippen molar-refractivity contribution in [3.8, 4) is 11.5 Å². The van der Waals surface area contributed by atoms with E-state index in [4.69, 9.17) is 14.6 Å². The molecule has 0 aliphatic heterocycles. The van der Waals surface area contributed by atoms with Gasteiger partial charge in [-0.2, -0.15) is 0 Å². The zero-order chi connectivity index (χ0) is 14.2. The summed E-state index contributed by atoms with van der Waals surface area (Å²) >= 11 is 3.13. The summed E-state index contributed by atoms with van der Waals surface area (Å²) in [6.07, 6.45) is 1.50. The molecule has 4 nitrogen and oxygen atoms in total. The van der Waals surface area contributed by atoms with Crippen molar-refractivity contribution in [1.82, 2.24) is 0 Å². The van der Waals surface area contributed by atoms with Gasteiger partial charge in [-0.15, -0.1) is 0 Å². The number of hydrogen-bond acceptors (Lipinski definition) is 3. The summed E-state index contributed by atoms with van der Waals surface area (Å²) in [5.74, 6) is -1.14. The molecule has 0 bridgehead atoms. The molecule has 1 saturated carbocycles. The van der Waals surface area contributed by atoms with Crippen LogP contribution in [-0.4, -0.2) is 25.3 Å². The van der Waals surface area contributed by atoms with Crippen LogP contribution in [0.15, 0.2) is 10.5 Å². The van der Waals surface area contributed by atoms with Crippen LogP contribution in [0, 0.1) is 5.82 Å². The van der Waals surface area contributed by atoms with Crippen LogP contribution in [0.3, 0.4) is 0 Å². The lowest BCUT2D eigenvalue weighted by molar-refractivity contribution is -0.137. The molecule has 1 aromatic rings. The van der Waals surface area contributed by atoms with Crippen molar-refractivity contribution < 1.29 is 23.8 Å². The minimum Gasteiger partial charge on any atom is -0.492 e. The molecule has 1 aliphatic carbocycles. The average Bonchev–Trinajstić information content (AvgIpc) is 3.11. The van der Waals surface area contributed by atoms with E-state index in [-0.39, 0.29) is 22.4 Å². The quantitative estimate of drug-likeness (QED) is 0.900. The lowest BCUT2D eigenvalue weighted by Gasteiger charge is -2.20. The second kappa shape index (κ2) is 5.00. The molecular weight excluding hydrogens is 319 g/mol. The molecule has 1 N–H and O–H groups in total. The van der Waals surface area contributed by atoms with Crippen molar-refractivity contribution in [1.29, 1.82) is 0 Å². The van der Waals surface area contributed by atoms with Gasteiger partial charge in [-0.05, 0) is 34.8 Å². The Morgan fingerprint density at radius 3 is 2.42 bits per heavy atom. The summed E-state index contributed by atoms with van der Waals surface area (Å²) in [5, 5.41) is 9.01. The number of rotatable bonds is 5. The Kier molecular flexibility index (Phi) is 3.71. The van der Waals surface area contributed by atoms with E-state index in [2.05, 4.69) is 15.9 Å². The number of carboxylic acid groups (broad SMARTS) is 1. The highest BCUT2D eigenvalue weighted by molar-refractivity contribution is 9.10. The van der Waals surface area contributed by atoms with Crippen molar-refractivity contribution in [3.63, 3.8) is 0 Å². The minimum absolute atomic E-state index is 0.00328. The van der Waals surface area contributed by atoms with Crippen molar-refractivity contribution in [2.75, 3.05) is 14.2 Å². The van der Waals surface area contributed by atoms with E-state index in [9.17, 15) is 9.18 Å². The summed E-state index contributed by atoms with van der Waals surface area (Å²) in [6, 6.07) is 1.59. The Balaban J connectivity index is 2.57. The van der Waals surface area contributed by atoms with Crippen LogP contribution in [0.5, 0.6) is 11.5 Å².